The molecule has 2 N–H and O–H groups in total. The molecule has 2 aliphatic rings. The highest BCUT2D eigenvalue weighted by atomic mass is 35.5. The van der Waals surface area contributed by atoms with E-state index < -0.39 is 18.7 Å². The summed E-state index contributed by atoms with van der Waals surface area (Å²) in [5, 5.41) is 0. The van der Waals surface area contributed by atoms with Crippen molar-refractivity contribution in [3.63, 3.8) is 0 Å². The van der Waals surface area contributed by atoms with Crippen LogP contribution in [-0.2, 0) is 11.3 Å². The van der Waals surface area contributed by atoms with E-state index in [1.54, 1.807) is 16.7 Å². The molecule has 2 amide bonds. The standard InChI is InChI=1S/C30H34F2N4O6.ClH/c1-18-15-35(12-13-36(18)30(38)40-17-20-6-4-3-5-7-20)28(37)25-26(19(2)33)42-27(34-25)22-10-11-23(41-29(31)32)24(14-22)39-16-21-8-9-21;/h3-7,10-11,14,18-19,21,29H,8-9,12-13,15-17,33H2,1-2H3;1H/t18-,19?;/m1./s1. The molecule has 1 aromatic heterocycles. The summed E-state index contributed by atoms with van der Waals surface area (Å²) in [5.74, 6) is 0.333. The first-order chi connectivity index (χ1) is 20.2. The molecule has 13 heteroatoms. The van der Waals surface area contributed by atoms with Crippen molar-refractivity contribution in [2.45, 2.75) is 52.0 Å². The number of hydrogen-bond donors (Lipinski definition) is 1. The molecule has 2 heterocycles. The van der Waals surface area contributed by atoms with Crippen LogP contribution >= 0.6 is 12.4 Å². The predicted molar refractivity (Wildman–Crippen MR) is 155 cm³/mol. The third-order valence-corrected chi connectivity index (χ3v) is 7.20. The van der Waals surface area contributed by atoms with Gasteiger partial charge in [-0.15, -0.1) is 12.4 Å². The van der Waals surface area contributed by atoms with Crippen molar-refractivity contribution in [2.24, 2.45) is 11.7 Å². The van der Waals surface area contributed by atoms with E-state index in [4.69, 9.17) is 19.6 Å². The third kappa shape index (κ3) is 7.94. The third-order valence-electron chi connectivity index (χ3n) is 7.20. The molecular formula is C30H35ClF2N4O6. The van der Waals surface area contributed by atoms with Crippen LogP contribution in [0.3, 0.4) is 0 Å². The Labute approximate surface area is 254 Å². The average Bonchev–Trinajstić information content (AvgIpc) is 3.70. The van der Waals surface area contributed by atoms with Gasteiger partial charge in [0.05, 0.1) is 12.6 Å². The molecule has 232 valence electrons. The predicted octanol–water partition coefficient (Wildman–Crippen LogP) is 5.66. The molecule has 3 aromatic rings. The molecule has 1 saturated heterocycles. The summed E-state index contributed by atoms with van der Waals surface area (Å²) in [6, 6.07) is 12.8. The minimum Gasteiger partial charge on any atom is -0.489 e. The fraction of sp³-hybridized carbons (Fsp3) is 0.433. The second-order valence-corrected chi connectivity index (χ2v) is 10.6. The topological polar surface area (TPSA) is 120 Å². The number of rotatable bonds is 10. The number of piperazine rings is 1. The highest BCUT2D eigenvalue weighted by Crippen LogP contribution is 2.37. The minimum atomic E-state index is -3.01. The van der Waals surface area contributed by atoms with Gasteiger partial charge in [0.1, 0.15) is 6.61 Å². The molecule has 0 radical (unpaired) electrons. The van der Waals surface area contributed by atoms with Crippen molar-refractivity contribution in [1.29, 1.82) is 0 Å². The lowest BCUT2D eigenvalue weighted by Crippen LogP contribution is -2.55. The summed E-state index contributed by atoms with van der Waals surface area (Å²) in [5.41, 5.74) is 7.50. The summed E-state index contributed by atoms with van der Waals surface area (Å²) < 4.78 is 47.7. The fourth-order valence-electron chi connectivity index (χ4n) is 4.72. The van der Waals surface area contributed by atoms with E-state index in [0.717, 1.165) is 18.4 Å². The van der Waals surface area contributed by atoms with Crippen LogP contribution in [0.2, 0.25) is 0 Å². The summed E-state index contributed by atoms with van der Waals surface area (Å²) in [6.45, 7) is 1.86. The van der Waals surface area contributed by atoms with Gasteiger partial charge in [0.2, 0.25) is 5.89 Å². The van der Waals surface area contributed by atoms with Gasteiger partial charge in [-0.2, -0.15) is 8.78 Å². The highest BCUT2D eigenvalue weighted by molar-refractivity contribution is 5.94. The van der Waals surface area contributed by atoms with Crippen LogP contribution in [0.4, 0.5) is 13.6 Å². The maximum Gasteiger partial charge on any atom is 0.410 e. The number of ether oxygens (including phenoxy) is 3. The van der Waals surface area contributed by atoms with Gasteiger partial charge >= 0.3 is 12.7 Å². The number of carbonyl (C=O) groups is 2. The second kappa shape index (κ2) is 14.0. The fourth-order valence-corrected chi connectivity index (χ4v) is 4.72. The second-order valence-electron chi connectivity index (χ2n) is 10.6. The lowest BCUT2D eigenvalue weighted by Gasteiger charge is -2.38. The van der Waals surface area contributed by atoms with Gasteiger partial charge in [-0.05, 0) is 56.4 Å². The van der Waals surface area contributed by atoms with Crippen LogP contribution in [-0.4, -0.2) is 65.7 Å². The number of benzene rings is 2. The Kier molecular flexibility index (Phi) is 10.5. The highest BCUT2D eigenvalue weighted by Gasteiger charge is 2.34. The number of nitrogens with zero attached hydrogens (tertiary/aromatic N) is 3. The van der Waals surface area contributed by atoms with E-state index in [2.05, 4.69) is 9.72 Å². The molecule has 1 unspecified atom stereocenters. The normalized spacial score (nSPS) is 17.3. The number of aromatic nitrogens is 1. The van der Waals surface area contributed by atoms with Crippen LogP contribution in [0.15, 0.2) is 52.9 Å². The van der Waals surface area contributed by atoms with Gasteiger partial charge in [-0.1, -0.05) is 30.3 Å². The number of oxazole rings is 1. The summed E-state index contributed by atoms with van der Waals surface area (Å²) in [4.78, 5) is 34.0. The Morgan fingerprint density at radius 1 is 1.12 bits per heavy atom. The maximum absolute atomic E-state index is 13.6. The number of nitrogens with two attached hydrogens (primary N) is 1. The number of carbonyl (C=O) groups excluding carboxylic acids is 2. The van der Waals surface area contributed by atoms with Crippen molar-refractivity contribution in [3.05, 3.63) is 65.5 Å². The first kappa shape index (κ1) is 32.0. The van der Waals surface area contributed by atoms with Crippen molar-refractivity contribution in [2.75, 3.05) is 26.2 Å². The van der Waals surface area contributed by atoms with Crippen LogP contribution in [0.1, 0.15) is 54.5 Å². The number of halogens is 3. The Morgan fingerprint density at radius 2 is 1.86 bits per heavy atom. The lowest BCUT2D eigenvalue weighted by molar-refractivity contribution is -0.0515. The Bertz CT molecular complexity index is 1400. The summed E-state index contributed by atoms with van der Waals surface area (Å²) in [7, 11) is 0. The molecule has 0 spiro atoms. The van der Waals surface area contributed by atoms with E-state index in [-0.39, 0.29) is 79.4 Å². The smallest absolute Gasteiger partial charge is 0.410 e. The number of hydrogen-bond acceptors (Lipinski definition) is 8. The largest absolute Gasteiger partial charge is 0.489 e. The number of alkyl halides is 2. The molecule has 1 aliphatic carbocycles. The van der Waals surface area contributed by atoms with Crippen LogP contribution in [0, 0.1) is 5.92 Å². The molecule has 43 heavy (non-hydrogen) atoms. The first-order valence-corrected chi connectivity index (χ1v) is 13.9. The van der Waals surface area contributed by atoms with Crippen LogP contribution in [0.25, 0.3) is 11.5 Å². The van der Waals surface area contributed by atoms with Gasteiger partial charge in [-0.25, -0.2) is 9.78 Å². The van der Waals surface area contributed by atoms with E-state index >= 15 is 0 Å². The van der Waals surface area contributed by atoms with Gasteiger partial charge in [0.25, 0.3) is 5.91 Å². The van der Waals surface area contributed by atoms with E-state index in [0.29, 0.717) is 18.1 Å². The zero-order valence-corrected chi connectivity index (χ0v) is 24.7. The van der Waals surface area contributed by atoms with Gasteiger partial charge in [-0.3, -0.25) is 4.79 Å². The maximum atomic E-state index is 13.6. The molecule has 2 fully saturated rings. The monoisotopic (exact) mass is 620 g/mol. The minimum absolute atomic E-state index is 0. The van der Waals surface area contributed by atoms with Gasteiger partial charge < -0.3 is 34.2 Å². The quantitative estimate of drug-likeness (QED) is 0.308. The van der Waals surface area contributed by atoms with Crippen molar-refractivity contribution in [1.82, 2.24) is 14.8 Å². The first-order valence-electron chi connectivity index (χ1n) is 13.9. The van der Waals surface area contributed by atoms with Crippen molar-refractivity contribution < 1.29 is 37.0 Å². The Morgan fingerprint density at radius 3 is 2.51 bits per heavy atom. The van der Waals surface area contributed by atoms with Crippen LogP contribution < -0.4 is 15.2 Å². The average molecular weight is 621 g/mol. The van der Waals surface area contributed by atoms with Gasteiger partial charge in [0.15, 0.2) is 23.0 Å². The van der Waals surface area contributed by atoms with Crippen molar-refractivity contribution >= 4 is 24.4 Å². The molecule has 1 saturated carbocycles. The molecule has 1 aliphatic heterocycles. The molecule has 5 rings (SSSR count). The zero-order valence-electron chi connectivity index (χ0n) is 23.9. The zero-order chi connectivity index (χ0) is 29.8. The SMILES string of the molecule is CC(N)c1oc(-c2ccc(OC(F)F)c(OCC3CC3)c2)nc1C(=O)N1CCN(C(=O)OCc2ccccc2)[C@H](C)C1.Cl. The lowest BCUT2D eigenvalue weighted by atomic mass is 10.1. The molecule has 2 atom stereocenters. The van der Waals surface area contributed by atoms with Crippen molar-refractivity contribution in [3.8, 4) is 23.0 Å². The van der Waals surface area contributed by atoms with E-state index in [1.165, 1.54) is 18.2 Å². The van der Waals surface area contributed by atoms with E-state index in [1.807, 2.05) is 37.3 Å². The van der Waals surface area contributed by atoms with Gasteiger partial charge in [0, 0.05) is 31.2 Å². The summed E-state index contributed by atoms with van der Waals surface area (Å²) in [6.07, 6.45) is 1.60. The van der Waals surface area contributed by atoms with Crippen LogP contribution in [0.5, 0.6) is 11.5 Å². The molecular weight excluding hydrogens is 586 g/mol. The summed E-state index contributed by atoms with van der Waals surface area (Å²) >= 11 is 0. The molecule has 10 nitrogen and oxygen atoms in total. The molecule has 2 aromatic carbocycles. The molecule has 0 bridgehead atoms. The Hall–Kier alpha value is -3.90. The number of amides is 2. The Balaban J connectivity index is 0.00000423. The van der Waals surface area contributed by atoms with E-state index in [9.17, 15) is 18.4 Å².